The molecule has 0 aliphatic heterocycles. The molecular formula is C42H35SiZr. The van der Waals surface area contributed by atoms with Gasteiger partial charge in [0, 0.05) is 0 Å². The minimum absolute atomic E-state index is 0.565. The number of hydrogen-bond acceptors (Lipinski definition) is 0. The van der Waals surface area contributed by atoms with Crippen molar-refractivity contribution in [1.29, 1.82) is 0 Å². The SMILES string of the molecule is CC1=Cc2c(-c3ccc4ccccc4c3)cccc2C1C[SiH]([Zr])CC1C(C)=Cc2c(-c3ccc4ccccc4c3)cccc21. The van der Waals surface area contributed by atoms with Crippen LogP contribution in [0.2, 0.25) is 12.1 Å². The number of rotatable bonds is 6. The van der Waals surface area contributed by atoms with Gasteiger partial charge in [0.25, 0.3) is 0 Å². The summed E-state index contributed by atoms with van der Waals surface area (Å²) in [6.45, 7) is 4.75. The van der Waals surface area contributed by atoms with Crippen LogP contribution in [0.4, 0.5) is 0 Å². The Bertz CT molecular complexity index is 1980. The van der Waals surface area contributed by atoms with Gasteiger partial charge in [-0.25, -0.2) is 0 Å². The van der Waals surface area contributed by atoms with Crippen molar-refractivity contribution in [1.82, 2.24) is 0 Å². The Morgan fingerprint density at radius 3 is 1.39 bits per heavy atom. The molecule has 2 heteroatoms. The fourth-order valence-corrected chi connectivity index (χ4v) is 13.8. The van der Waals surface area contributed by atoms with E-state index in [9.17, 15) is 0 Å². The zero-order chi connectivity index (χ0) is 29.8. The number of hydrogen-bond donors (Lipinski definition) is 0. The first kappa shape index (κ1) is 27.9. The van der Waals surface area contributed by atoms with Crippen LogP contribution in [0.25, 0.3) is 56.0 Å². The Hall–Kier alpha value is -3.58. The van der Waals surface area contributed by atoms with Gasteiger partial charge < -0.3 is 0 Å². The van der Waals surface area contributed by atoms with Crippen molar-refractivity contribution < 1.29 is 23.9 Å². The minimum atomic E-state index is -0.941. The topological polar surface area (TPSA) is 0 Å². The molecule has 2 aliphatic rings. The summed E-state index contributed by atoms with van der Waals surface area (Å²) < 4.78 is 0. The molecule has 0 nitrogen and oxygen atoms in total. The van der Waals surface area contributed by atoms with Crippen molar-refractivity contribution in [2.45, 2.75) is 37.8 Å². The molecular weight excluding hydrogens is 624 g/mol. The summed E-state index contributed by atoms with van der Waals surface area (Å²) >= 11 is 1.79. The monoisotopic (exact) mass is 657 g/mol. The van der Waals surface area contributed by atoms with E-state index in [1.54, 1.807) is 46.2 Å². The summed E-state index contributed by atoms with van der Waals surface area (Å²) in [5, 5.41) is 5.23. The first-order valence-electron chi connectivity index (χ1n) is 15.8. The van der Waals surface area contributed by atoms with Gasteiger partial charge in [0.15, 0.2) is 0 Å². The van der Waals surface area contributed by atoms with Crippen LogP contribution in [0, 0.1) is 0 Å². The van der Waals surface area contributed by atoms with Crippen LogP contribution in [0.15, 0.2) is 132 Å². The first-order valence-corrected chi connectivity index (χ1v) is 22.3. The van der Waals surface area contributed by atoms with Crippen molar-refractivity contribution in [2.75, 3.05) is 0 Å². The molecule has 0 heterocycles. The van der Waals surface area contributed by atoms with Gasteiger partial charge in [0.05, 0.1) is 0 Å². The molecule has 44 heavy (non-hydrogen) atoms. The van der Waals surface area contributed by atoms with Gasteiger partial charge in [-0.3, -0.25) is 0 Å². The summed E-state index contributed by atoms with van der Waals surface area (Å²) in [5.41, 5.74) is 14.5. The first-order chi connectivity index (χ1) is 21.5. The third-order valence-corrected chi connectivity index (χ3v) is 15.6. The van der Waals surface area contributed by atoms with Crippen molar-refractivity contribution in [3.8, 4) is 22.3 Å². The molecule has 2 atom stereocenters. The van der Waals surface area contributed by atoms with Crippen molar-refractivity contribution in [3.05, 3.63) is 155 Å². The van der Waals surface area contributed by atoms with Crippen LogP contribution in [0.1, 0.15) is 47.9 Å². The van der Waals surface area contributed by atoms with Gasteiger partial charge in [0.2, 0.25) is 0 Å². The summed E-state index contributed by atoms with van der Waals surface area (Å²) in [4.78, 5) is 0. The van der Waals surface area contributed by atoms with Gasteiger partial charge in [0.1, 0.15) is 0 Å². The van der Waals surface area contributed by atoms with E-state index in [4.69, 9.17) is 0 Å². The number of benzene rings is 6. The van der Waals surface area contributed by atoms with Crippen molar-refractivity contribution >= 4 is 39.6 Å². The predicted octanol–water partition coefficient (Wildman–Crippen LogP) is 11.3. The van der Waals surface area contributed by atoms with Gasteiger partial charge in [-0.15, -0.1) is 0 Å². The third-order valence-electron chi connectivity index (χ3n) is 10.0. The Labute approximate surface area is 276 Å². The maximum absolute atomic E-state index is 2.49. The summed E-state index contributed by atoms with van der Waals surface area (Å²) in [6.07, 6.45) is 4.99. The Morgan fingerprint density at radius 2 is 0.932 bits per heavy atom. The second kappa shape index (κ2) is 11.4. The molecule has 6 aromatic carbocycles. The van der Waals surface area contributed by atoms with Crippen LogP contribution in [-0.4, -0.2) is 5.92 Å². The fourth-order valence-electron chi connectivity index (χ4n) is 7.75. The van der Waals surface area contributed by atoms with Crippen LogP contribution in [0.3, 0.4) is 0 Å². The van der Waals surface area contributed by atoms with E-state index in [1.165, 1.54) is 67.0 Å². The van der Waals surface area contributed by atoms with Gasteiger partial charge in [-0.1, -0.05) is 0 Å². The number of fused-ring (bicyclic) bond motifs is 4. The second-order valence-corrected chi connectivity index (χ2v) is 21.1. The molecule has 0 bridgehead atoms. The van der Waals surface area contributed by atoms with E-state index >= 15 is 0 Å². The molecule has 0 aromatic heterocycles. The zero-order valence-electron chi connectivity index (χ0n) is 25.3. The van der Waals surface area contributed by atoms with Crippen molar-refractivity contribution in [3.63, 3.8) is 0 Å². The Morgan fingerprint density at radius 1 is 0.500 bits per heavy atom. The second-order valence-electron chi connectivity index (χ2n) is 12.8. The quantitative estimate of drug-likeness (QED) is 0.156. The van der Waals surface area contributed by atoms with Gasteiger partial charge in [-0.05, 0) is 0 Å². The van der Waals surface area contributed by atoms with E-state index in [0.29, 0.717) is 11.8 Å². The molecule has 6 aromatic rings. The molecule has 8 rings (SSSR count). The molecule has 0 spiro atoms. The predicted molar refractivity (Wildman–Crippen MR) is 188 cm³/mol. The Kier molecular flexibility index (Phi) is 7.24. The molecule has 2 aliphatic carbocycles. The van der Waals surface area contributed by atoms with Gasteiger partial charge in [-0.2, -0.15) is 0 Å². The molecule has 0 amide bonds. The van der Waals surface area contributed by atoms with E-state index < -0.39 is 5.92 Å². The van der Waals surface area contributed by atoms with Crippen LogP contribution in [-0.2, 0) is 23.9 Å². The van der Waals surface area contributed by atoms with E-state index in [0.717, 1.165) is 0 Å². The van der Waals surface area contributed by atoms with E-state index in [1.807, 2.05) is 0 Å². The molecule has 211 valence electrons. The zero-order valence-corrected chi connectivity index (χ0v) is 29.0. The average Bonchev–Trinajstić information content (AvgIpc) is 3.55. The summed E-state index contributed by atoms with van der Waals surface area (Å²) in [7, 11) is 0. The molecule has 0 saturated heterocycles. The molecule has 0 saturated carbocycles. The summed E-state index contributed by atoms with van der Waals surface area (Å²) in [5.74, 6) is 0.190. The van der Waals surface area contributed by atoms with Crippen LogP contribution in [0.5, 0.6) is 0 Å². The standard InChI is InChI=1S/C42H35Si.Zr/c1-27-21-39-35(33-19-17-29-9-3-5-11-31(29)23-33)13-7-15-37(39)41(27)25-43-26-42-28(2)22-40-36(14-8-16-38(40)42)34-20-18-30-10-4-6-12-32(30)24-34;/h3-24,41-43H,25-26H2,1-2H3;. The molecule has 0 fully saturated rings. The normalized spacial score (nSPS) is 17.8. The average molecular weight is 659 g/mol. The van der Waals surface area contributed by atoms with Gasteiger partial charge >= 0.3 is 278 Å². The third kappa shape index (κ3) is 4.93. The number of allylic oxidation sites excluding steroid dienone is 2. The van der Waals surface area contributed by atoms with Crippen LogP contribution < -0.4 is 0 Å². The molecule has 0 radical (unpaired) electrons. The molecule has 0 N–H and O–H groups in total. The van der Waals surface area contributed by atoms with E-state index in [-0.39, 0.29) is 0 Å². The Balaban J connectivity index is 1.05. The van der Waals surface area contributed by atoms with Crippen molar-refractivity contribution in [2.24, 2.45) is 0 Å². The van der Waals surface area contributed by atoms with Crippen LogP contribution >= 0.6 is 0 Å². The van der Waals surface area contributed by atoms with E-state index in [2.05, 4.69) is 147 Å². The summed E-state index contributed by atoms with van der Waals surface area (Å²) in [6, 6.07) is 48.0. The fraction of sp³-hybridized carbons (Fsp3) is 0.143. The maximum atomic E-state index is 2.49. The molecule has 2 unspecified atom stereocenters.